The van der Waals surface area contributed by atoms with Gasteiger partial charge < -0.3 is 19.5 Å². The summed E-state index contributed by atoms with van der Waals surface area (Å²) in [5, 5.41) is 2.89. The highest BCUT2D eigenvalue weighted by atomic mass is 35.5. The Balaban J connectivity index is 0.00000456. The molecule has 0 fully saturated rings. The smallest absolute Gasteiger partial charge is 0.338 e. The molecular weight excluding hydrogens is 480 g/mol. The first-order valence-corrected chi connectivity index (χ1v) is 10.9. The minimum Gasteiger partial charge on any atom is -0.497 e. The lowest BCUT2D eigenvalue weighted by Crippen LogP contribution is -2.27. The van der Waals surface area contributed by atoms with Gasteiger partial charge in [0, 0.05) is 25.0 Å². The van der Waals surface area contributed by atoms with Gasteiger partial charge in [-0.15, -0.1) is 12.4 Å². The van der Waals surface area contributed by atoms with E-state index >= 15 is 0 Å². The molecule has 0 saturated carbocycles. The van der Waals surface area contributed by atoms with Gasteiger partial charge in [0.25, 0.3) is 5.91 Å². The lowest BCUT2D eigenvalue weighted by Gasteiger charge is -2.16. The van der Waals surface area contributed by atoms with Crippen molar-refractivity contribution in [1.82, 2.24) is 10.3 Å². The molecule has 2 aromatic carbocycles. The third-order valence-corrected chi connectivity index (χ3v) is 5.35. The van der Waals surface area contributed by atoms with Crippen LogP contribution in [0.3, 0.4) is 0 Å². The number of amides is 1. The SMILES string of the molecule is COC(=O)C(=C(/C)c1cc(OC)cc(OC)c1)/C(=C\c1ccccc1)C(=O)NCc1cccnc1.Cl. The summed E-state index contributed by atoms with van der Waals surface area (Å²) in [6.07, 6.45) is 5.01. The van der Waals surface area contributed by atoms with Crippen molar-refractivity contribution in [2.45, 2.75) is 13.5 Å². The van der Waals surface area contributed by atoms with Crippen molar-refractivity contribution in [2.24, 2.45) is 0 Å². The van der Waals surface area contributed by atoms with Crippen LogP contribution in [-0.4, -0.2) is 38.2 Å². The van der Waals surface area contributed by atoms with Crippen LogP contribution in [0.1, 0.15) is 23.6 Å². The Hall–Kier alpha value is -4.10. The fourth-order valence-corrected chi connectivity index (χ4v) is 3.48. The number of halogens is 1. The van der Waals surface area contributed by atoms with Crippen LogP contribution in [0.2, 0.25) is 0 Å². The number of allylic oxidation sites excluding steroid dienone is 1. The Labute approximate surface area is 217 Å². The van der Waals surface area contributed by atoms with Gasteiger partial charge in [0.05, 0.1) is 32.5 Å². The summed E-state index contributed by atoms with van der Waals surface area (Å²) in [5.74, 6) is 0.0466. The summed E-state index contributed by atoms with van der Waals surface area (Å²) < 4.78 is 15.9. The van der Waals surface area contributed by atoms with Crippen molar-refractivity contribution in [3.8, 4) is 11.5 Å². The molecule has 0 aliphatic carbocycles. The molecule has 8 heteroatoms. The molecule has 0 aliphatic rings. The molecule has 1 amide bonds. The molecule has 1 heterocycles. The van der Waals surface area contributed by atoms with Crippen LogP contribution in [0.15, 0.2) is 84.2 Å². The molecule has 188 valence electrons. The minimum atomic E-state index is -0.636. The summed E-state index contributed by atoms with van der Waals surface area (Å²) in [7, 11) is 4.38. The van der Waals surface area contributed by atoms with Crippen molar-refractivity contribution in [3.63, 3.8) is 0 Å². The Morgan fingerprint density at radius 2 is 1.61 bits per heavy atom. The monoisotopic (exact) mass is 508 g/mol. The summed E-state index contributed by atoms with van der Waals surface area (Å²) in [4.78, 5) is 30.6. The van der Waals surface area contributed by atoms with Crippen molar-refractivity contribution in [2.75, 3.05) is 21.3 Å². The first-order chi connectivity index (χ1) is 17.0. The van der Waals surface area contributed by atoms with E-state index < -0.39 is 11.9 Å². The highest BCUT2D eigenvalue weighted by Crippen LogP contribution is 2.32. The van der Waals surface area contributed by atoms with Crippen LogP contribution in [0, 0.1) is 0 Å². The van der Waals surface area contributed by atoms with E-state index in [4.69, 9.17) is 14.2 Å². The van der Waals surface area contributed by atoms with Gasteiger partial charge >= 0.3 is 5.97 Å². The van der Waals surface area contributed by atoms with E-state index in [1.165, 1.54) is 7.11 Å². The molecule has 1 N–H and O–H groups in total. The van der Waals surface area contributed by atoms with Crippen LogP contribution in [0.5, 0.6) is 11.5 Å². The number of benzene rings is 2. The molecule has 0 radical (unpaired) electrons. The first-order valence-electron chi connectivity index (χ1n) is 10.9. The number of aromatic nitrogens is 1. The zero-order valence-electron chi connectivity index (χ0n) is 20.6. The number of hydrogen-bond donors (Lipinski definition) is 1. The second-order valence-electron chi connectivity index (χ2n) is 7.61. The maximum absolute atomic E-state index is 13.5. The number of nitrogens with zero attached hydrogens (tertiary/aromatic N) is 1. The molecule has 0 bridgehead atoms. The number of carbonyl (C=O) groups is 2. The summed E-state index contributed by atoms with van der Waals surface area (Å²) in [5.41, 5.74) is 3.09. The number of pyridine rings is 1. The maximum Gasteiger partial charge on any atom is 0.338 e. The van der Waals surface area contributed by atoms with Gasteiger partial charge in [-0.2, -0.15) is 0 Å². The van der Waals surface area contributed by atoms with Crippen LogP contribution < -0.4 is 14.8 Å². The topological polar surface area (TPSA) is 86.8 Å². The number of rotatable bonds is 9. The quantitative estimate of drug-likeness (QED) is 0.252. The lowest BCUT2D eigenvalue weighted by molar-refractivity contribution is -0.136. The van der Waals surface area contributed by atoms with Crippen LogP contribution >= 0.6 is 12.4 Å². The van der Waals surface area contributed by atoms with Gasteiger partial charge in [0.15, 0.2) is 0 Å². The van der Waals surface area contributed by atoms with E-state index in [0.29, 0.717) is 22.6 Å². The Morgan fingerprint density at radius 3 is 2.17 bits per heavy atom. The highest BCUT2D eigenvalue weighted by Gasteiger charge is 2.25. The fraction of sp³-hybridized carbons (Fsp3) is 0.179. The first kappa shape index (κ1) is 28.1. The molecule has 0 aliphatic heterocycles. The largest absolute Gasteiger partial charge is 0.497 e. The van der Waals surface area contributed by atoms with Crippen molar-refractivity contribution in [3.05, 3.63) is 101 Å². The number of esters is 1. The Morgan fingerprint density at radius 1 is 0.944 bits per heavy atom. The standard InChI is InChI=1S/C28H28N2O5.ClH/c1-19(22-14-23(33-2)16-24(15-22)34-3)26(28(32)35-4)25(13-20-9-6-5-7-10-20)27(31)30-18-21-11-8-12-29-17-21;/h5-17H,18H2,1-4H3,(H,30,31);1H/b25-13+,26-19-;. The summed E-state index contributed by atoms with van der Waals surface area (Å²) in [6.45, 7) is 2.01. The average molecular weight is 509 g/mol. The summed E-state index contributed by atoms with van der Waals surface area (Å²) in [6, 6.07) is 18.2. The van der Waals surface area contributed by atoms with Crippen LogP contribution in [0.4, 0.5) is 0 Å². The average Bonchev–Trinajstić information content (AvgIpc) is 2.91. The second kappa shape index (κ2) is 13.7. The fourth-order valence-electron chi connectivity index (χ4n) is 3.48. The third kappa shape index (κ3) is 7.20. The molecule has 0 atom stereocenters. The number of methoxy groups -OCH3 is 3. The predicted molar refractivity (Wildman–Crippen MR) is 142 cm³/mol. The molecular formula is C28H29ClN2O5. The predicted octanol–water partition coefficient (Wildman–Crippen LogP) is 4.87. The van der Waals surface area contributed by atoms with Crippen molar-refractivity contribution < 1.29 is 23.8 Å². The van der Waals surface area contributed by atoms with E-state index in [9.17, 15) is 9.59 Å². The molecule has 0 unspecified atom stereocenters. The zero-order valence-corrected chi connectivity index (χ0v) is 21.4. The zero-order chi connectivity index (χ0) is 25.2. The Bertz CT molecular complexity index is 1220. The van der Waals surface area contributed by atoms with Crippen LogP contribution in [-0.2, 0) is 20.9 Å². The number of carbonyl (C=O) groups excluding carboxylic acids is 2. The van der Waals surface area contributed by atoms with Crippen molar-refractivity contribution in [1.29, 1.82) is 0 Å². The molecule has 1 aromatic heterocycles. The molecule has 3 rings (SSSR count). The van der Waals surface area contributed by atoms with Gasteiger partial charge in [-0.25, -0.2) is 4.79 Å². The van der Waals surface area contributed by atoms with E-state index in [1.54, 1.807) is 63.9 Å². The lowest BCUT2D eigenvalue weighted by atomic mass is 9.93. The molecule has 3 aromatic rings. The number of hydrogen-bond acceptors (Lipinski definition) is 6. The van der Waals surface area contributed by atoms with E-state index in [0.717, 1.165) is 11.1 Å². The van der Waals surface area contributed by atoms with Crippen LogP contribution in [0.25, 0.3) is 11.6 Å². The van der Waals surface area contributed by atoms with Gasteiger partial charge in [0.2, 0.25) is 0 Å². The second-order valence-corrected chi connectivity index (χ2v) is 7.61. The highest BCUT2D eigenvalue weighted by molar-refractivity contribution is 6.16. The van der Waals surface area contributed by atoms with Gasteiger partial charge in [-0.05, 0) is 53.5 Å². The third-order valence-electron chi connectivity index (χ3n) is 5.35. The number of ether oxygens (including phenoxy) is 3. The molecule has 7 nitrogen and oxygen atoms in total. The minimum absolute atomic E-state index is 0. The van der Waals surface area contributed by atoms with E-state index in [-0.39, 0.29) is 30.1 Å². The normalized spacial score (nSPS) is 11.5. The van der Waals surface area contributed by atoms with Gasteiger partial charge in [-0.1, -0.05) is 36.4 Å². The van der Waals surface area contributed by atoms with Crippen molar-refractivity contribution >= 4 is 35.9 Å². The summed E-state index contributed by atoms with van der Waals surface area (Å²) >= 11 is 0. The van der Waals surface area contributed by atoms with Gasteiger partial charge in [-0.3, -0.25) is 9.78 Å². The Kier molecular flexibility index (Phi) is 10.7. The van der Waals surface area contributed by atoms with Gasteiger partial charge in [0.1, 0.15) is 11.5 Å². The molecule has 0 spiro atoms. The maximum atomic E-state index is 13.5. The van der Waals surface area contributed by atoms with E-state index in [1.807, 2.05) is 36.4 Å². The van der Waals surface area contributed by atoms with E-state index in [2.05, 4.69) is 10.3 Å². The molecule has 0 saturated heterocycles. The number of nitrogens with one attached hydrogen (secondary N) is 1. The molecule has 36 heavy (non-hydrogen) atoms.